The Hall–Kier alpha value is -3.28. The number of methoxy groups -OCH3 is 1. The zero-order valence-electron chi connectivity index (χ0n) is 19.0. The van der Waals surface area contributed by atoms with E-state index in [-0.39, 0.29) is 17.9 Å². The van der Waals surface area contributed by atoms with E-state index in [0.29, 0.717) is 5.75 Å². The number of ketones is 1. The SMILES string of the molecule is COc1ccccc1CN1C(=O)C(O)=C(C(=O)C(C)(C)C)C1c1ccc(N(C)C)cc1. The van der Waals surface area contributed by atoms with Crippen molar-refractivity contribution in [3.05, 3.63) is 71.0 Å². The van der Waals surface area contributed by atoms with Crippen molar-refractivity contribution in [1.82, 2.24) is 4.90 Å². The van der Waals surface area contributed by atoms with E-state index in [9.17, 15) is 14.7 Å². The molecule has 0 aliphatic carbocycles. The fourth-order valence-electron chi connectivity index (χ4n) is 3.77. The number of Topliss-reactive ketones (excluding diaryl/α,β-unsaturated/α-hetero) is 1. The van der Waals surface area contributed by atoms with Crippen LogP contribution in [-0.2, 0) is 16.1 Å². The number of carbonyl (C=O) groups is 2. The van der Waals surface area contributed by atoms with Gasteiger partial charge in [0.1, 0.15) is 5.75 Å². The number of carbonyl (C=O) groups excluding carboxylic acids is 2. The van der Waals surface area contributed by atoms with Gasteiger partial charge in [-0.3, -0.25) is 9.59 Å². The van der Waals surface area contributed by atoms with Crippen molar-refractivity contribution >= 4 is 17.4 Å². The predicted octanol–water partition coefficient (Wildman–Crippen LogP) is 4.27. The minimum absolute atomic E-state index is 0.144. The third-order valence-electron chi connectivity index (χ3n) is 5.49. The summed E-state index contributed by atoms with van der Waals surface area (Å²) < 4.78 is 5.44. The topological polar surface area (TPSA) is 70.1 Å². The Balaban J connectivity index is 2.11. The zero-order chi connectivity index (χ0) is 22.9. The van der Waals surface area contributed by atoms with Crippen LogP contribution in [0.5, 0.6) is 5.75 Å². The van der Waals surface area contributed by atoms with Gasteiger partial charge in [-0.2, -0.15) is 0 Å². The second kappa shape index (κ2) is 8.46. The lowest BCUT2D eigenvalue weighted by atomic mass is 9.82. The van der Waals surface area contributed by atoms with Crippen molar-refractivity contribution in [2.24, 2.45) is 5.41 Å². The van der Waals surface area contributed by atoms with Gasteiger partial charge in [-0.05, 0) is 23.8 Å². The Morgan fingerprint density at radius 3 is 2.26 bits per heavy atom. The highest BCUT2D eigenvalue weighted by Gasteiger charge is 2.46. The van der Waals surface area contributed by atoms with Gasteiger partial charge < -0.3 is 19.6 Å². The van der Waals surface area contributed by atoms with E-state index in [1.165, 1.54) is 4.90 Å². The highest BCUT2D eigenvalue weighted by molar-refractivity contribution is 6.10. The van der Waals surface area contributed by atoms with Gasteiger partial charge in [0.05, 0.1) is 25.3 Å². The number of benzene rings is 2. The molecule has 0 spiro atoms. The third-order valence-corrected chi connectivity index (χ3v) is 5.49. The van der Waals surface area contributed by atoms with Crippen LogP contribution in [0.25, 0.3) is 0 Å². The number of para-hydroxylation sites is 1. The first-order valence-corrected chi connectivity index (χ1v) is 10.2. The summed E-state index contributed by atoms with van der Waals surface area (Å²) in [5.74, 6) is -0.633. The van der Waals surface area contributed by atoms with Crippen molar-refractivity contribution in [3.63, 3.8) is 0 Å². The molecule has 31 heavy (non-hydrogen) atoms. The maximum Gasteiger partial charge on any atom is 0.290 e. The summed E-state index contributed by atoms with van der Waals surface area (Å²) in [4.78, 5) is 29.9. The number of aliphatic hydroxyl groups is 1. The first-order chi connectivity index (χ1) is 14.6. The Kier molecular flexibility index (Phi) is 6.11. The molecule has 1 amide bonds. The van der Waals surface area contributed by atoms with Crippen LogP contribution in [0.3, 0.4) is 0 Å². The molecule has 6 nitrogen and oxygen atoms in total. The summed E-state index contributed by atoms with van der Waals surface area (Å²) in [6.07, 6.45) is 0. The lowest BCUT2D eigenvalue weighted by Crippen LogP contribution is -2.32. The molecule has 1 atom stereocenters. The van der Waals surface area contributed by atoms with Gasteiger partial charge in [0, 0.05) is 30.8 Å². The number of aliphatic hydroxyl groups excluding tert-OH is 1. The minimum Gasteiger partial charge on any atom is -0.503 e. The number of amides is 1. The molecule has 3 rings (SSSR count). The zero-order valence-corrected chi connectivity index (χ0v) is 19.0. The summed E-state index contributed by atoms with van der Waals surface area (Å²) in [6, 6.07) is 14.4. The Morgan fingerprint density at radius 2 is 1.71 bits per heavy atom. The molecule has 0 radical (unpaired) electrons. The highest BCUT2D eigenvalue weighted by atomic mass is 16.5. The van der Waals surface area contributed by atoms with Crippen LogP contribution < -0.4 is 9.64 Å². The summed E-state index contributed by atoms with van der Waals surface area (Å²) in [5, 5.41) is 10.8. The average molecular weight is 423 g/mol. The fraction of sp³-hybridized carbons (Fsp3) is 0.360. The second-order valence-electron chi connectivity index (χ2n) is 8.97. The maximum absolute atomic E-state index is 13.3. The molecule has 0 aromatic heterocycles. The van der Waals surface area contributed by atoms with Gasteiger partial charge in [0.2, 0.25) is 0 Å². The van der Waals surface area contributed by atoms with Crippen molar-refractivity contribution in [2.75, 3.05) is 26.1 Å². The molecule has 1 N–H and O–H groups in total. The number of hydrogen-bond acceptors (Lipinski definition) is 5. The summed E-state index contributed by atoms with van der Waals surface area (Å²) in [5.41, 5.74) is 1.97. The molecule has 1 aliphatic rings. The van der Waals surface area contributed by atoms with E-state index >= 15 is 0 Å². The molecule has 6 heteroatoms. The van der Waals surface area contributed by atoms with E-state index in [2.05, 4.69) is 0 Å². The molecule has 2 aromatic rings. The standard InChI is InChI=1S/C25H30N2O4/c1-25(2,3)23(29)20-21(16-11-13-18(14-12-16)26(4)5)27(24(30)22(20)28)15-17-9-7-8-10-19(17)31-6/h7-14,21,28H,15H2,1-6H3. The Morgan fingerprint density at radius 1 is 1.10 bits per heavy atom. The number of ether oxygens (including phenoxy) is 1. The third kappa shape index (κ3) is 4.29. The first-order valence-electron chi connectivity index (χ1n) is 10.2. The second-order valence-corrected chi connectivity index (χ2v) is 8.97. The maximum atomic E-state index is 13.3. The van der Waals surface area contributed by atoms with Crippen LogP contribution >= 0.6 is 0 Å². The lowest BCUT2D eigenvalue weighted by Gasteiger charge is -2.29. The predicted molar refractivity (Wildman–Crippen MR) is 121 cm³/mol. The van der Waals surface area contributed by atoms with Crippen LogP contribution in [-0.4, -0.2) is 42.9 Å². The normalized spacial score (nSPS) is 16.6. The van der Waals surface area contributed by atoms with Crippen LogP contribution in [0.1, 0.15) is 37.9 Å². The molecule has 0 saturated heterocycles. The monoisotopic (exact) mass is 422 g/mol. The molecule has 1 aliphatic heterocycles. The largest absolute Gasteiger partial charge is 0.503 e. The van der Waals surface area contributed by atoms with Gasteiger partial charge in [0.15, 0.2) is 11.5 Å². The lowest BCUT2D eigenvalue weighted by molar-refractivity contribution is -0.130. The van der Waals surface area contributed by atoms with E-state index in [1.54, 1.807) is 27.9 Å². The van der Waals surface area contributed by atoms with Crippen LogP contribution in [0, 0.1) is 5.41 Å². The smallest absolute Gasteiger partial charge is 0.290 e. The summed E-state index contributed by atoms with van der Waals surface area (Å²) in [6.45, 7) is 5.56. The van der Waals surface area contributed by atoms with Crippen LogP contribution in [0.4, 0.5) is 5.69 Å². The molecule has 1 heterocycles. The molecule has 0 fully saturated rings. The van der Waals surface area contributed by atoms with Crippen molar-refractivity contribution < 1.29 is 19.4 Å². The molecule has 0 saturated carbocycles. The molecule has 1 unspecified atom stereocenters. The van der Waals surface area contributed by atoms with Gasteiger partial charge >= 0.3 is 0 Å². The van der Waals surface area contributed by atoms with E-state index in [4.69, 9.17) is 4.74 Å². The number of hydrogen-bond donors (Lipinski definition) is 1. The number of nitrogens with zero attached hydrogens (tertiary/aromatic N) is 2. The molecule has 164 valence electrons. The van der Waals surface area contributed by atoms with E-state index < -0.39 is 23.1 Å². The molecule has 0 bridgehead atoms. The molecule has 2 aromatic carbocycles. The number of anilines is 1. The fourth-order valence-corrected chi connectivity index (χ4v) is 3.77. The van der Waals surface area contributed by atoms with Crippen molar-refractivity contribution in [1.29, 1.82) is 0 Å². The van der Waals surface area contributed by atoms with Gasteiger partial charge in [-0.15, -0.1) is 0 Å². The Labute approximate surface area is 183 Å². The quantitative estimate of drug-likeness (QED) is 0.753. The van der Waals surface area contributed by atoms with Gasteiger partial charge in [-0.1, -0.05) is 51.1 Å². The van der Waals surface area contributed by atoms with Crippen molar-refractivity contribution in [2.45, 2.75) is 33.4 Å². The number of rotatable bonds is 6. The van der Waals surface area contributed by atoms with Gasteiger partial charge in [-0.25, -0.2) is 0 Å². The summed E-state index contributed by atoms with van der Waals surface area (Å²) in [7, 11) is 5.47. The highest BCUT2D eigenvalue weighted by Crippen LogP contribution is 2.42. The first kappa shape index (κ1) is 22.4. The Bertz CT molecular complexity index is 1020. The summed E-state index contributed by atoms with van der Waals surface area (Å²) >= 11 is 0. The molecular weight excluding hydrogens is 392 g/mol. The van der Waals surface area contributed by atoms with E-state index in [0.717, 1.165) is 16.8 Å². The average Bonchev–Trinajstić information content (AvgIpc) is 2.97. The minimum atomic E-state index is -0.744. The molecular formula is C25H30N2O4. The van der Waals surface area contributed by atoms with Crippen molar-refractivity contribution in [3.8, 4) is 5.75 Å². The van der Waals surface area contributed by atoms with Crippen LogP contribution in [0.2, 0.25) is 0 Å². The van der Waals surface area contributed by atoms with Crippen LogP contribution in [0.15, 0.2) is 59.9 Å². The van der Waals surface area contributed by atoms with E-state index in [1.807, 2.05) is 67.5 Å². The van der Waals surface area contributed by atoms with Gasteiger partial charge in [0.25, 0.3) is 5.91 Å².